The summed E-state index contributed by atoms with van der Waals surface area (Å²) < 4.78 is 0. The first kappa shape index (κ1) is 10.4. The van der Waals surface area contributed by atoms with Crippen LogP contribution >= 0.6 is 11.3 Å². The molecule has 1 aromatic heterocycles. The van der Waals surface area contributed by atoms with Crippen molar-refractivity contribution < 1.29 is 0 Å². The molecule has 2 atom stereocenters. The second-order valence-corrected chi connectivity index (χ2v) is 4.82. The minimum absolute atomic E-state index is 0.0255. The Labute approximate surface area is 95.6 Å². The van der Waals surface area contributed by atoms with Crippen LogP contribution in [0.1, 0.15) is 18.2 Å². The van der Waals surface area contributed by atoms with Crippen LogP contribution in [0.2, 0.25) is 0 Å². The smallest absolute Gasteiger partial charge is 0.0469 e. The van der Waals surface area contributed by atoms with Crippen molar-refractivity contribution in [3.63, 3.8) is 0 Å². The molecule has 15 heavy (non-hydrogen) atoms. The summed E-state index contributed by atoms with van der Waals surface area (Å²) in [4.78, 5) is 1.39. The molecule has 0 saturated carbocycles. The van der Waals surface area contributed by atoms with Crippen molar-refractivity contribution in [3.05, 3.63) is 59.3 Å². The fraction of sp³-hybridized carbons (Fsp3) is 0.286. The Hall–Kier alpha value is -1.08. The molecule has 0 spiro atoms. The molecular formula is C14H16S. The average molecular weight is 216 g/mol. The fourth-order valence-corrected chi connectivity index (χ4v) is 3.25. The molecule has 0 nitrogen and oxygen atoms in total. The second-order valence-electron chi connectivity index (χ2n) is 3.87. The van der Waals surface area contributed by atoms with Gasteiger partial charge in [-0.2, -0.15) is 0 Å². The highest BCUT2D eigenvalue weighted by atomic mass is 32.1. The summed E-state index contributed by atoms with van der Waals surface area (Å²) in [6, 6.07) is 4.32. The zero-order valence-electron chi connectivity index (χ0n) is 9.02. The molecule has 1 heteroatoms. The zero-order chi connectivity index (χ0) is 10.7. The van der Waals surface area contributed by atoms with Gasteiger partial charge in [0.25, 0.3) is 0 Å². The van der Waals surface area contributed by atoms with Gasteiger partial charge in [-0.15, -0.1) is 17.9 Å². The highest BCUT2D eigenvalue weighted by Crippen LogP contribution is 2.42. The topological polar surface area (TPSA) is 0 Å². The van der Waals surface area contributed by atoms with Crippen LogP contribution in [0.3, 0.4) is 0 Å². The number of hydrogen-bond donors (Lipinski definition) is 0. The van der Waals surface area contributed by atoms with E-state index in [4.69, 9.17) is 0 Å². The molecule has 0 fully saturated rings. The summed E-state index contributed by atoms with van der Waals surface area (Å²) in [6.07, 6.45) is 12.1. The Bertz CT molecular complexity index is 383. The third kappa shape index (κ3) is 1.61. The van der Waals surface area contributed by atoms with Gasteiger partial charge < -0.3 is 0 Å². The number of hydrogen-bond acceptors (Lipinski definition) is 1. The molecular weight excluding hydrogens is 200 g/mol. The lowest BCUT2D eigenvalue weighted by Crippen LogP contribution is -2.29. The van der Waals surface area contributed by atoms with Crippen molar-refractivity contribution in [1.82, 2.24) is 0 Å². The lowest BCUT2D eigenvalue weighted by atomic mass is 9.70. The van der Waals surface area contributed by atoms with Crippen LogP contribution < -0.4 is 0 Å². The van der Waals surface area contributed by atoms with E-state index in [1.807, 2.05) is 11.3 Å². The van der Waals surface area contributed by atoms with E-state index in [-0.39, 0.29) is 5.41 Å². The van der Waals surface area contributed by atoms with Gasteiger partial charge in [0.15, 0.2) is 0 Å². The van der Waals surface area contributed by atoms with Crippen LogP contribution in [0, 0.1) is 5.92 Å². The van der Waals surface area contributed by atoms with Crippen LogP contribution in [0.25, 0.3) is 0 Å². The Morgan fingerprint density at radius 2 is 2.40 bits per heavy atom. The van der Waals surface area contributed by atoms with E-state index in [0.29, 0.717) is 5.92 Å². The largest absolute Gasteiger partial charge is 0.148 e. The summed E-state index contributed by atoms with van der Waals surface area (Å²) in [5.41, 5.74) is 0.0255. The van der Waals surface area contributed by atoms with E-state index < -0.39 is 0 Å². The summed E-state index contributed by atoms with van der Waals surface area (Å²) in [5.74, 6) is 0.540. The number of allylic oxidation sites excluding steroid dienone is 5. The van der Waals surface area contributed by atoms with E-state index in [1.54, 1.807) is 0 Å². The molecule has 0 aromatic carbocycles. The molecule has 1 heterocycles. The quantitative estimate of drug-likeness (QED) is 0.660. The zero-order valence-corrected chi connectivity index (χ0v) is 9.84. The third-order valence-electron chi connectivity index (χ3n) is 3.17. The molecule has 1 aliphatic carbocycles. The van der Waals surface area contributed by atoms with E-state index in [1.165, 1.54) is 4.88 Å². The van der Waals surface area contributed by atoms with Crippen LogP contribution in [0.15, 0.2) is 54.5 Å². The molecule has 0 radical (unpaired) electrons. The second kappa shape index (κ2) is 4.19. The van der Waals surface area contributed by atoms with Gasteiger partial charge in [-0.1, -0.05) is 43.4 Å². The highest BCUT2D eigenvalue weighted by Gasteiger charge is 2.34. The summed E-state index contributed by atoms with van der Waals surface area (Å²) in [7, 11) is 0. The van der Waals surface area contributed by atoms with Crippen LogP contribution in [0.4, 0.5) is 0 Å². The Morgan fingerprint density at radius 3 is 3.00 bits per heavy atom. The summed E-state index contributed by atoms with van der Waals surface area (Å²) >= 11 is 1.82. The summed E-state index contributed by atoms with van der Waals surface area (Å²) in [6.45, 7) is 6.27. The van der Waals surface area contributed by atoms with Gasteiger partial charge in [0.1, 0.15) is 0 Å². The monoisotopic (exact) mass is 216 g/mol. The van der Waals surface area contributed by atoms with E-state index in [2.05, 4.69) is 61.4 Å². The fourth-order valence-electron chi connectivity index (χ4n) is 2.28. The standard InChI is InChI=1S/C14H16S/c1-3-12-8-5-6-10-14(12,4-2)13-9-7-11-15-13/h4-12H,2-3H2,1H3. The van der Waals surface area contributed by atoms with E-state index in [9.17, 15) is 0 Å². The van der Waals surface area contributed by atoms with Crippen molar-refractivity contribution in [1.29, 1.82) is 0 Å². The first-order valence-electron chi connectivity index (χ1n) is 5.37. The van der Waals surface area contributed by atoms with Crippen molar-refractivity contribution in [2.45, 2.75) is 18.8 Å². The molecule has 0 amide bonds. The average Bonchev–Trinajstić information content (AvgIpc) is 2.82. The minimum Gasteiger partial charge on any atom is -0.148 e. The van der Waals surface area contributed by atoms with Crippen molar-refractivity contribution in [2.24, 2.45) is 5.92 Å². The van der Waals surface area contributed by atoms with Crippen molar-refractivity contribution in [2.75, 3.05) is 0 Å². The Balaban J connectivity index is 2.48. The third-order valence-corrected chi connectivity index (χ3v) is 4.20. The molecule has 0 saturated heterocycles. The lowest BCUT2D eigenvalue weighted by Gasteiger charge is -2.34. The lowest BCUT2D eigenvalue weighted by molar-refractivity contribution is 0.466. The van der Waals surface area contributed by atoms with Crippen LogP contribution in [-0.4, -0.2) is 0 Å². The van der Waals surface area contributed by atoms with Gasteiger partial charge in [0.2, 0.25) is 0 Å². The van der Waals surface area contributed by atoms with Crippen molar-refractivity contribution >= 4 is 11.3 Å². The number of rotatable bonds is 3. The van der Waals surface area contributed by atoms with Gasteiger partial charge in [-0.05, 0) is 23.8 Å². The first-order chi connectivity index (χ1) is 7.33. The predicted octanol–water partition coefficient (Wildman–Crippen LogP) is 4.32. The number of thiophene rings is 1. The van der Waals surface area contributed by atoms with Gasteiger partial charge in [0.05, 0.1) is 0 Å². The molecule has 2 unspecified atom stereocenters. The Kier molecular flexibility index (Phi) is 2.92. The van der Waals surface area contributed by atoms with Gasteiger partial charge in [-0.3, -0.25) is 0 Å². The van der Waals surface area contributed by atoms with Crippen molar-refractivity contribution in [3.8, 4) is 0 Å². The first-order valence-corrected chi connectivity index (χ1v) is 6.25. The SMILES string of the molecule is C=CC1(c2cccs2)C=CC=CC1CC. The molecule has 1 aliphatic rings. The molecule has 2 rings (SSSR count). The van der Waals surface area contributed by atoms with Gasteiger partial charge in [0, 0.05) is 10.3 Å². The maximum absolute atomic E-state index is 4.03. The molecule has 0 bridgehead atoms. The maximum Gasteiger partial charge on any atom is 0.0469 e. The minimum atomic E-state index is 0.0255. The predicted molar refractivity (Wildman–Crippen MR) is 68.3 cm³/mol. The summed E-state index contributed by atoms with van der Waals surface area (Å²) in [5, 5.41) is 2.14. The van der Waals surface area contributed by atoms with Crippen LogP contribution in [-0.2, 0) is 5.41 Å². The van der Waals surface area contributed by atoms with E-state index in [0.717, 1.165) is 6.42 Å². The Morgan fingerprint density at radius 1 is 1.53 bits per heavy atom. The molecule has 0 N–H and O–H groups in total. The molecule has 78 valence electrons. The van der Waals surface area contributed by atoms with Gasteiger partial charge >= 0.3 is 0 Å². The molecule has 0 aliphatic heterocycles. The molecule has 1 aromatic rings. The van der Waals surface area contributed by atoms with Crippen LogP contribution in [0.5, 0.6) is 0 Å². The highest BCUT2D eigenvalue weighted by molar-refractivity contribution is 7.10. The normalized spacial score (nSPS) is 29.3. The van der Waals surface area contributed by atoms with E-state index >= 15 is 0 Å². The maximum atomic E-state index is 4.03. The van der Waals surface area contributed by atoms with Gasteiger partial charge in [-0.25, -0.2) is 0 Å².